The summed E-state index contributed by atoms with van der Waals surface area (Å²) in [5.74, 6) is 3.28. The highest BCUT2D eigenvalue weighted by Gasteiger charge is 2.24. The van der Waals surface area contributed by atoms with E-state index in [1.54, 1.807) is 13.0 Å². The first-order valence-electron chi connectivity index (χ1n) is 10.6. The highest BCUT2D eigenvalue weighted by molar-refractivity contribution is 7.85. The molecule has 1 heterocycles. The maximum atomic E-state index is 12.3. The van der Waals surface area contributed by atoms with Crippen LogP contribution in [0.1, 0.15) is 66.1 Å². The number of hydrogen-bond donors (Lipinski definition) is 2. The van der Waals surface area contributed by atoms with Crippen LogP contribution in [0.2, 0.25) is 0 Å². The van der Waals surface area contributed by atoms with Crippen LogP contribution in [-0.4, -0.2) is 47.4 Å². The molecule has 0 aliphatic rings. The molecule has 7 nitrogen and oxygen atoms in total. The predicted molar refractivity (Wildman–Crippen MR) is 130 cm³/mol. The van der Waals surface area contributed by atoms with Crippen molar-refractivity contribution in [2.45, 2.75) is 66.7 Å². The van der Waals surface area contributed by atoms with E-state index in [0.717, 1.165) is 12.8 Å². The Labute approximate surface area is 190 Å². The SMILES string of the molecule is CC(=N)/C=C(\[OH2+])CC(C)(C)CCS(=O)CCCS(=O)CCC(C)(C)Cc1cc(=O)[nH]o1. The van der Waals surface area contributed by atoms with Gasteiger partial charge in [0.1, 0.15) is 5.76 Å². The normalized spacial score (nSPS) is 15.1. The third-order valence-corrected chi connectivity index (χ3v) is 7.85. The minimum atomic E-state index is -0.957. The van der Waals surface area contributed by atoms with Crippen LogP contribution in [0.4, 0.5) is 0 Å². The Balaban J connectivity index is 2.28. The zero-order valence-corrected chi connectivity index (χ0v) is 21.1. The van der Waals surface area contributed by atoms with Crippen molar-refractivity contribution in [3.63, 3.8) is 0 Å². The molecule has 1 rings (SSSR count). The van der Waals surface area contributed by atoms with Gasteiger partial charge in [0, 0.05) is 68.9 Å². The molecule has 0 aliphatic heterocycles. The van der Waals surface area contributed by atoms with Crippen molar-refractivity contribution in [3.8, 4) is 0 Å². The van der Waals surface area contributed by atoms with E-state index in [2.05, 4.69) is 32.9 Å². The molecule has 1 aromatic heterocycles. The van der Waals surface area contributed by atoms with E-state index in [1.807, 2.05) is 0 Å². The highest BCUT2D eigenvalue weighted by Crippen LogP contribution is 2.29. The predicted octanol–water partition coefficient (Wildman–Crippen LogP) is 3.27. The lowest BCUT2D eigenvalue weighted by Crippen LogP contribution is -2.20. The van der Waals surface area contributed by atoms with Gasteiger partial charge in [0.15, 0.2) is 0 Å². The fourth-order valence-corrected chi connectivity index (χ4v) is 6.33. The average molecular weight is 476 g/mol. The van der Waals surface area contributed by atoms with Crippen LogP contribution in [-0.2, 0) is 28.0 Å². The highest BCUT2D eigenvalue weighted by atomic mass is 32.2. The van der Waals surface area contributed by atoms with E-state index >= 15 is 0 Å². The number of allylic oxidation sites excluding steroid dienone is 2. The monoisotopic (exact) mass is 475 g/mol. The van der Waals surface area contributed by atoms with Crippen molar-refractivity contribution < 1.29 is 18.0 Å². The number of aromatic nitrogens is 1. The molecule has 0 saturated carbocycles. The molecule has 0 bridgehead atoms. The Morgan fingerprint density at radius 2 is 1.65 bits per heavy atom. The second-order valence-corrected chi connectivity index (χ2v) is 13.2. The molecule has 2 atom stereocenters. The van der Waals surface area contributed by atoms with Gasteiger partial charge in [-0.15, -0.1) is 0 Å². The van der Waals surface area contributed by atoms with Gasteiger partial charge < -0.3 is 15.0 Å². The molecule has 0 saturated heterocycles. The fourth-order valence-electron chi connectivity index (χ4n) is 3.25. The summed E-state index contributed by atoms with van der Waals surface area (Å²) >= 11 is 0. The first kappa shape index (κ1) is 27.6. The molecule has 31 heavy (non-hydrogen) atoms. The summed E-state index contributed by atoms with van der Waals surface area (Å²) in [6.45, 7) is 9.90. The molecule has 9 heteroatoms. The van der Waals surface area contributed by atoms with Gasteiger partial charge in [-0.05, 0) is 37.0 Å². The molecule has 0 aliphatic carbocycles. The topological polar surface area (TPSA) is 127 Å². The van der Waals surface area contributed by atoms with E-state index in [1.165, 1.54) is 6.07 Å². The van der Waals surface area contributed by atoms with Crippen molar-refractivity contribution in [2.75, 3.05) is 23.0 Å². The van der Waals surface area contributed by atoms with Crippen molar-refractivity contribution in [1.82, 2.24) is 5.16 Å². The van der Waals surface area contributed by atoms with E-state index in [-0.39, 0.29) is 16.4 Å². The molecule has 0 amide bonds. The zero-order valence-electron chi connectivity index (χ0n) is 19.5. The van der Waals surface area contributed by atoms with E-state index in [9.17, 15) is 13.2 Å². The van der Waals surface area contributed by atoms with E-state index < -0.39 is 21.6 Å². The average Bonchev–Trinajstić information content (AvgIpc) is 3.01. The largest absolute Gasteiger partial charge is 0.596 e. The lowest BCUT2D eigenvalue weighted by atomic mass is 9.85. The number of rotatable bonds is 15. The van der Waals surface area contributed by atoms with Crippen LogP contribution >= 0.6 is 0 Å². The van der Waals surface area contributed by atoms with Gasteiger partial charge in [-0.1, -0.05) is 27.7 Å². The molecule has 0 aromatic carbocycles. The maximum absolute atomic E-state index is 12.3. The van der Waals surface area contributed by atoms with Gasteiger partial charge in [0.2, 0.25) is 5.76 Å². The molecular formula is C22H39N2O5S2+. The third kappa shape index (κ3) is 12.8. The van der Waals surface area contributed by atoms with Crippen LogP contribution in [0.5, 0.6) is 0 Å². The van der Waals surface area contributed by atoms with Crippen LogP contribution < -0.4 is 5.56 Å². The Bertz CT molecular complexity index is 852. The summed E-state index contributed by atoms with van der Waals surface area (Å²) in [4.78, 5) is 11.2. The third-order valence-electron chi connectivity index (χ3n) is 5.04. The van der Waals surface area contributed by atoms with Gasteiger partial charge in [-0.25, -0.2) is 0 Å². The van der Waals surface area contributed by atoms with Crippen LogP contribution in [0, 0.1) is 16.2 Å². The summed E-state index contributed by atoms with van der Waals surface area (Å²) in [7, 11) is -1.91. The minimum Gasteiger partial charge on any atom is -0.596 e. The Hall–Kier alpha value is -1.48. The quantitative estimate of drug-likeness (QED) is 0.229. The summed E-state index contributed by atoms with van der Waals surface area (Å²) in [6.07, 6.45) is 4.90. The molecule has 1 aromatic rings. The van der Waals surface area contributed by atoms with Crippen molar-refractivity contribution in [1.29, 1.82) is 5.41 Å². The Kier molecular flexibility index (Phi) is 11.1. The minimum absolute atomic E-state index is 0.121. The second kappa shape index (κ2) is 12.5. The van der Waals surface area contributed by atoms with Gasteiger partial charge in [-0.2, -0.15) is 5.16 Å². The zero-order chi connectivity index (χ0) is 23.7. The summed E-state index contributed by atoms with van der Waals surface area (Å²) in [5, 5.41) is 17.7. The van der Waals surface area contributed by atoms with Gasteiger partial charge in [0.05, 0.1) is 6.42 Å². The van der Waals surface area contributed by atoms with Crippen LogP contribution in [0.3, 0.4) is 0 Å². The maximum Gasteiger partial charge on any atom is 0.280 e. The second-order valence-electron chi connectivity index (χ2n) is 9.76. The van der Waals surface area contributed by atoms with Gasteiger partial charge in [-0.3, -0.25) is 13.2 Å². The van der Waals surface area contributed by atoms with Crippen LogP contribution in [0.15, 0.2) is 27.2 Å². The Morgan fingerprint density at radius 1 is 1.10 bits per heavy atom. The van der Waals surface area contributed by atoms with Crippen LogP contribution in [0.25, 0.3) is 0 Å². The standard InChI is InChI=1S/C22H38N2O5S2/c1-17(23)13-18(25)15-21(2,3)7-11-30(27)9-6-10-31(28)12-8-22(4,5)16-19-14-20(26)24-29-19/h13-14,23,25H,6-12,15-16H2,1-5H3,(H,24,26)/p+1/b18-13-,23-17?. The van der Waals surface area contributed by atoms with Crippen molar-refractivity contribution >= 4 is 27.3 Å². The molecule has 0 spiro atoms. The van der Waals surface area contributed by atoms with Crippen molar-refractivity contribution in [2.24, 2.45) is 10.8 Å². The molecule has 4 N–H and O–H groups in total. The van der Waals surface area contributed by atoms with E-state index in [4.69, 9.17) is 15.0 Å². The Morgan fingerprint density at radius 3 is 2.13 bits per heavy atom. The van der Waals surface area contributed by atoms with Gasteiger partial charge >= 0.3 is 0 Å². The lowest BCUT2D eigenvalue weighted by molar-refractivity contribution is 0.277. The molecule has 178 valence electrons. The molecule has 2 unspecified atom stereocenters. The first-order chi connectivity index (χ1) is 14.3. The van der Waals surface area contributed by atoms with Crippen molar-refractivity contribution in [3.05, 3.63) is 34.0 Å². The lowest BCUT2D eigenvalue weighted by Gasteiger charge is -2.23. The fraction of sp³-hybridized carbons (Fsp3) is 0.727. The summed E-state index contributed by atoms with van der Waals surface area (Å²) in [5.41, 5.74) is -0.129. The number of aromatic amines is 1. The number of H-pyrrole nitrogens is 1. The summed E-state index contributed by atoms with van der Waals surface area (Å²) < 4.78 is 29.8. The van der Waals surface area contributed by atoms with Gasteiger partial charge in [0.25, 0.3) is 5.56 Å². The number of hydrogen-bond acceptors (Lipinski definition) is 5. The number of nitrogens with one attached hydrogen (secondary N) is 2. The molecule has 0 radical (unpaired) electrons. The molecular weight excluding hydrogens is 436 g/mol. The first-order valence-corrected chi connectivity index (χ1v) is 13.6. The smallest absolute Gasteiger partial charge is 0.280 e. The molecule has 0 fully saturated rings. The van der Waals surface area contributed by atoms with E-state index in [0.29, 0.717) is 59.5 Å². The summed E-state index contributed by atoms with van der Waals surface area (Å²) in [6, 6.07) is 1.45.